The van der Waals surface area contributed by atoms with Crippen molar-refractivity contribution < 1.29 is 15.3 Å². The Kier molecular flexibility index (Phi) is 17.8. The van der Waals surface area contributed by atoms with Crippen molar-refractivity contribution in [3.63, 3.8) is 0 Å². The summed E-state index contributed by atoms with van der Waals surface area (Å²) in [6.07, 6.45) is 3.02. The molecule has 0 aliphatic rings. The second-order valence-electron chi connectivity index (χ2n) is 20.0. The molecule has 9 aromatic carbocycles. The topological polar surface area (TPSA) is 248 Å². The van der Waals surface area contributed by atoms with Gasteiger partial charge in [-0.1, -0.05) is 161 Å². The predicted molar refractivity (Wildman–Crippen MR) is 338 cm³/mol. The van der Waals surface area contributed by atoms with Gasteiger partial charge in [-0.15, -0.1) is 30.7 Å². The number of hydrogen-bond donors (Lipinski definition) is 6. The number of nitrogens with one attached hydrogen (secondary N) is 3. The van der Waals surface area contributed by atoms with Crippen LogP contribution in [-0.4, -0.2) is 44.7 Å². The summed E-state index contributed by atoms with van der Waals surface area (Å²) in [5.41, 5.74) is 8.30. The molecular formula is C67H64N12O6. The van der Waals surface area contributed by atoms with Crippen LogP contribution < -0.4 is 16.7 Å². The van der Waals surface area contributed by atoms with Crippen molar-refractivity contribution in [2.24, 2.45) is 30.7 Å². The zero-order valence-corrected chi connectivity index (χ0v) is 47.0. The van der Waals surface area contributed by atoms with Crippen molar-refractivity contribution in [1.29, 1.82) is 0 Å². The molecule has 0 bridgehead atoms. The van der Waals surface area contributed by atoms with Gasteiger partial charge in [0.2, 0.25) is 0 Å². The number of phenols is 3. The Balaban J connectivity index is 0.000000152. The van der Waals surface area contributed by atoms with Crippen LogP contribution in [0.3, 0.4) is 0 Å². The summed E-state index contributed by atoms with van der Waals surface area (Å²) in [6.45, 7) is 11.5. The maximum atomic E-state index is 12.8. The average molecular weight is 1130 g/mol. The van der Waals surface area contributed by atoms with Crippen molar-refractivity contribution in [2.75, 3.05) is 0 Å². The van der Waals surface area contributed by atoms with Crippen molar-refractivity contribution >= 4 is 66.4 Å². The molecule has 0 saturated carbocycles. The van der Waals surface area contributed by atoms with Gasteiger partial charge in [-0.2, -0.15) is 0 Å². The molecule has 12 rings (SSSR count). The molecule has 0 aliphatic carbocycles. The molecule has 0 atom stereocenters. The second-order valence-corrected chi connectivity index (χ2v) is 20.0. The Morgan fingerprint density at radius 2 is 0.682 bits per heavy atom. The molecule has 3 aromatic heterocycles. The number of benzene rings is 9. The number of H-pyrrole nitrogens is 3. The number of fused-ring (bicyclic) bond motifs is 3. The fourth-order valence-corrected chi connectivity index (χ4v) is 9.47. The van der Waals surface area contributed by atoms with Gasteiger partial charge >= 0.3 is 0 Å². The molecular weight excluding hydrogens is 1070 g/mol. The number of aromatic amines is 3. The van der Waals surface area contributed by atoms with Crippen LogP contribution in [0, 0.1) is 27.7 Å². The fraction of sp³-hybridized carbons (Fsp3) is 0.149. The van der Waals surface area contributed by atoms with Gasteiger partial charge in [0.15, 0.2) is 34.3 Å². The van der Waals surface area contributed by atoms with Gasteiger partial charge < -0.3 is 15.3 Å². The molecule has 0 amide bonds. The molecule has 12 aromatic rings. The van der Waals surface area contributed by atoms with Gasteiger partial charge in [-0.25, -0.2) is 14.0 Å². The van der Waals surface area contributed by atoms with Crippen LogP contribution in [0.5, 0.6) is 17.2 Å². The lowest BCUT2D eigenvalue weighted by atomic mass is 10.1. The Morgan fingerprint density at radius 3 is 1.00 bits per heavy atom. The summed E-state index contributed by atoms with van der Waals surface area (Å²) in [6, 6.07) is 56.3. The van der Waals surface area contributed by atoms with Crippen molar-refractivity contribution in [3.8, 4) is 34.3 Å². The molecule has 0 radical (unpaired) electrons. The molecule has 0 fully saturated rings. The standard InChI is InChI=1S/C23H22N4O2.C22H20N4O2.C21H18N4O2.CH4/c1-3-6-16-9-12-18(13-10-16)27-23(29)21(15(2)26-27)25-24-20-14-11-17-7-4-5-8-19(17)22(20)28;1-3-15-8-11-17(12-9-15)26-22(28)20(14(2)25-26)24-23-19-13-10-16-6-4-5-7-18(16)21(19)27;1-13-7-10-16(11-8-13)25-21(27)19(14(2)24-25)23-22-18-12-9-15-5-3-4-6-17(15)20(18)26;/h4-5,7-14,26,28H,3,6H2,1-2H3;4-13,25,27H,3H2,1-2H3;3-12,24,26H,1-2H3;1H4. The van der Waals surface area contributed by atoms with E-state index in [0.29, 0.717) is 50.3 Å². The van der Waals surface area contributed by atoms with Gasteiger partial charge in [0.25, 0.3) is 16.7 Å². The van der Waals surface area contributed by atoms with E-state index in [1.807, 2.05) is 171 Å². The van der Waals surface area contributed by atoms with Crippen LogP contribution in [0.15, 0.2) is 227 Å². The molecule has 3 heterocycles. The smallest absolute Gasteiger partial charge is 0.299 e. The minimum atomic E-state index is -0.291. The van der Waals surface area contributed by atoms with E-state index >= 15 is 0 Å². The van der Waals surface area contributed by atoms with Crippen LogP contribution in [0.1, 0.15) is 61.5 Å². The monoisotopic (exact) mass is 1130 g/mol. The normalized spacial score (nSPS) is 11.4. The zero-order chi connectivity index (χ0) is 59.0. The summed E-state index contributed by atoms with van der Waals surface area (Å²) in [5.74, 6) is 0.140. The third-order valence-electron chi connectivity index (χ3n) is 14.2. The quantitative estimate of drug-likeness (QED) is 0.0649. The lowest BCUT2D eigenvalue weighted by Gasteiger charge is -2.03. The highest BCUT2D eigenvalue weighted by atomic mass is 16.3. The largest absolute Gasteiger partial charge is 0.505 e. The van der Waals surface area contributed by atoms with Crippen LogP contribution in [-0.2, 0) is 12.8 Å². The maximum absolute atomic E-state index is 12.8. The van der Waals surface area contributed by atoms with Crippen molar-refractivity contribution in [1.82, 2.24) is 29.3 Å². The van der Waals surface area contributed by atoms with E-state index in [-0.39, 0.29) is 58.4 Å². The van der Waals surface area contributed by atoms with Crippen molar-refractivity contribution in [3.05, 3.63) is 247 Å². The Morgan fingerprint density at radius 1 is 0.376 bits per heavy atom. The molecule has 0 spiro atoms. The highest BCUT2D eigenvalue weighted by Gasteiger charge is 2.17. The summed E-state index contributed by atoms with van der Waals surface area (Å²) in [7, 11) is 0. The van der Waals surface area contributed by atoms with Crippen molar-refractivity contribution in [2.45, 2.75) is 68.2 Å². The molecule has 85 heavy (non-hydrogen) atoms. The van der Waals surface area contributed by atoms with Gasteiger partial charge in [-0.3, -0.25) is 29.7 Å². The Hall–Kier alpha value is -11.0. The number of aromatic nitrogens is 6. The lowest BCUT2D eigenvalue weighted by Crippen LogP contribution is -2.14. The van der Waals surface area contributed by atoms with Crippen LogP contribution in [0.2, 0.25) is 0 Å². The fourth-order valence-electron chi connectivity index (χ4n) is 9.47. The first kappa shape index (κ1) is 58.6. The summed E-state index contributed by atoms with van der Waals surface area (Å²) >= 11 is 0. The lowest BCUT2D eigenvalue weighted by molar-refractivity contribution is 0.482. The Bertz CT molecular complexity index is 4640. The number of aromatic hydroxyl groups is 3. The summed E-state index contributed by atoms with van der Waals surface area (Å²) in [5, 5.41) is 70.0. The third-order valence-corrected chi connectivity index (χ3v) is 14.2. The molecule has 6 N–H and O–H groups in total. The van der Waals surface area contributed by atoms with Crippen LogP contribution >= 0.6 is 0 Å². The first-order valence-electron chi connectivity index (χ1n) is 27.3. The number of azo groups is 3. The molecule has 0 aliphatic heterocycles. The van der Waals surface area contributed by atoms with E-state index in [1.165, 1.54) is 25.2 Å². The molecule has 428 valence electrons. The van der Waals surface area contributed by atoms with E-state index in [9.17, 15) is 29.7 Å². The first-order chi connectivity index (χ1) is 40.7. The molecule has 18 heteroatoms. The molecule has 0 saturated heterocycles. The highest BCUT2D eigenvalue weighted by Crippen LogP contribution is 2.38. The van der Waals surface area contributed by atoms with Gasteiger partial charge in [0.1, 0.15) is 17.1 Å². The SMILES string of the molecule is C.CCCc1ccc(-n2[nH]c(C)c(N=Nc3ccc4ccccc4c3O)c2=O)cc1.CCc1ccc(-n2[nH]c(C)c(N=Nc3ccc4ccccc4c3O)c2=O)cc1.Cc1ccc(-n2[nH]c(C)c(N=Nc3ccc4ccccc4c3O)c2=O)cc1. The van der Waals surface area contributed by atoms with E-state index in [0.717, 1.165) is 58.0 Å². The Labute approximate surface area is 489 Å². The van der Waals surface area contributed by atoms with E-state index < -0.39 is 0 Å². The summed E-state index contributed by atoms with van der Waals surface area (Å²) < 4.78 is 4.34. The number of nitrogens with zero attached hydrogens (tertiary/aromatic N) is 9. The number of rotatable bonds is 12. The zero-order valence-electron chi connectivity index (χ0n) is 47.0. The first-order valence-corrected chi connectivity index (χ1v) is 27.3. The van der Waals surface area contributed by atoms with E-state index in [2.05, 4.69) is 59.8 Å². The summed E-state index contributed by atoms with van der Waals surface area (Å²) in [4.78, 5) is 38.3. The van der Waals surface area contributed by atoms with E-state index in [4.69, 9.17) is 0 Å². The number of phenolic OH excluding ortho intramolecular Hbond substituents is 3. The highest BCUT2D eigenvalue weighted by molar-refractivity contribution is 5.94. The third kappa shape index (κ3) is 12.6. The van der Waals surface area contributed by atoms with Crippen LogP contribution in [0.4, 0.5) is 34.1 Å². The van der Waals surface area contributed by atoms with Gasteiger partial charge in [-0.05, 0) is 122 Å². The number of aryl methyl sites for hydroxylation is 6. The van der Waals surface area contributed by atoms with E-state index in [1.54, 1.807) is 39.0 Å². The van der Waals surface area contributed by atoms with Crippen LogP contribution in [0.25, 0.3) is 49.4 Å². The van der Waals surface area contributed by atoms with Gasteiger partial charge in [0, 0.05) is 16.2 Å². The molecule has 0 unspecified atom stereocenters. The predicted octanol–water partition coefficient (Wildman–Crippen LogP) is 16.7. The minimum absolute atomic E-state index is 0. The maximum Gasteiger partial charge on any atom is 0.299 e. The number of hydrogen-bond acceptors (Lipinski definition) is 12. The second kappa shape index (κ2) is 25.8. The average Bonchev–Trinajstić information content (AvgIpc) is 3.81. The van der Waals surface area contributed by atoms with Gasteiger partial charge in [0.05, 0.1) is 34.1 Å². The minimum Gasteiger partial charge on any atom is -0.505 e. The molecule has 18 nitrogen and oxygen atoms in total.